The highest BCUT2D eigenvalue weighted by molar-refractivity contribution is 5.86. The van der Waals surface area contributed by atoms with Crippen LogP contribution in [0.2, 0.25) is 0 Å². The Bertz CT molecular complexity index is 589. The van der Waals surface area contributed by atoms with Gasteiger partial charge in [-0.3, -0.25) is 9.69 Å². The van der Waals surface area contributed by atoms with Gasteiger partial charge in [0.15, 0.2) is 0 Å². The van der Waals surface area contributed by atoms with Crippen molar-refractivity contribution < 1.29 is 14.3 Å². The van der Waals surface area contributed by atoms with Crippen LogP contribution < -0.4 is 5.73 Å². The van der Waals surface area contributed by atoms with E-state index in [9.17, 15) is 9.59 Å². The number of nitrogens with two attached hydrogens (primary N) is 1. The van der Waals surface area contributed by atoms with Gasteiger partial charge < -0.3 is 10.5 Å². The van der Waals surface area contributed by atoms with Crippen molar-refractivity contribution in [3.8, 4) is 0 Å². The van der Waals surface area contributed by atoms with Gasteiger partial charge in [0, 0.05) is 12.5 Å². The van der Waals surface area contributed by atoms with Crippen LogP contribution in [0.5, 0.6) is 0 Å². The second-order valence-electron chi connectivity index (χ2n) is 7.43. The van der Waals surface area contributed by atoms with Crippen molar-refractivity contribution in [2.24, 2.45) is 5.73 Å². The topological polar surface area (TPSA) is 72.6 Å². The Balaban J connectivity index is 0.00000277. The van der Waals surface area contributed by atoms with E-state index in [1.165, 1.54) is 4.90 Å². The normalized spacial score (nSPS) is 12.5. The summed E-state index contributed by atoms with van der Waals surface area (Å²) in [5, 5.41) is 0. The lowest BCUT2D eigenvalue weighted by Gasteiger charge is -2.39. The molecule has 0 aliphatic carbocycles. The maximum atomic E-state index is 12.4. The van der Waals surface area contributed by atoms with Gasteiger partial charge in [-0.2, -0.15) is 0 Å². The first kappa shape index (κ1) is 23.0. The molecule has 0 saturated heterocycles. The van der Waals surface area contributed by atoms with E-state index < -0.39 is 29.1 Å². The van der Waals surface area contributed by atoms with Crippen molar-refractivity contribution in [2.45, 2.75) is 72.4 Å². The minimum atomic E-state index is -0.821. The molecular weight excluding hydrogens is 316 g/mol. The molecule has 5 heteroatoms. The quantitative estimate of drug-likeness (QED) is 0.891. The zero-order chi connectivity index (χ0) is 20.0. The van der Waals surface area contributed by atoms with Gasteiger partial charge >= 0.3 is 6.09 Å². The number of nitrogens with zero attached hydrogens (tertiary/aromatic N) is 1. The standard InChI is InChI=1S/C18H28N2O3.C2H6/c1-12-10-8-9-11-13(12)18(5,6)14(15(19)21)20(7)16(22)23-17(2,3)4;1-2/h8-11,14H,1-7H3,(H2,19,21);1-2H3. The molecule has 0 spiro atoms. The number of carbonyl (C=O) groups excluding carboxylic acids is 2. The van der Waals surface area contributed by atoms with Gasteiger partial charge in [-0.05, 0) is 38.8 Å². The molecule has 0 radical (unpaired) electrons. The SMILES string of the molecule is CC.Cc1ccccc1C(C)(C)C(C(N)=O)N(C)C(=O)OC(C)(C)C. The summed E-state index contributed by atoms with van der Waals surface area (Å²) in [5.74, 6) is -0.563. The van der Waals surface area contributed by atoms with Crippen LogP contribution in [0.25, 0.3) is 0 Å². The lowest BCUT2D eigenvalue weighted by atomic mass is 9.75. The smallest absolute Gasteiger partial charge is 0.410 e. The number of carbonyl (C=O) groups is 2. The molecule has 2 N–H and O–H groups in total. The van der Waals surface area contributed by atoms with E-state index in [2.05, 4.69) is 0 Å². The molecule has 1 aromatic rings. The van der Waals surface area contributed by atoms with Crippen molar-refractivity contribution in [1.82, 2.24) is 4.90 Å². The molecule has 0 saturated carbocycles. The number of amides is 2. The molecular formula is C20H34N2O3. The summed E-state index contributed by atoms with van der Waals surface area (Å²) in [6, 6.07) is 6.96. The molecule has 0 aliphatic rings. The second kappa shape index (κ2) is 8.88. The van der Waals surface area contributed by atoms with Crippen LogP contribution in [0.1, 0.15) is 59.6 Å². The summed E-state index contributed by atoms with van der Waals surface area (Å²) in [7, 11) is 1.55. The Morgan fingerprint density at radius 3 is 1.96 bits per heavy atom. The van der Waals surface area contributed by atoms with Crippen molar-refractivity contribution in [1.29, 1.82) is 0 Å². The predicted octanol–water partition coefficient (Wildman–Crippen LogP) is 4.02. The lowest BCUT2D eigenvalue weighted by molar-refractivity contribution is -0.124. The number of rotatable bonds is 4. The van der Waals surface area contributed by atoms with Gasteiger partial charge in [-0.1, -0.05) is 52.0 Å². The predicted molar refractivity (Wildman–Crippen MR) is 103 cm³/mol. The average Bonchev–Trinajstić information content (AvgIpc) is 2.47. The summed E-state index contributed by atoms with van der Waals surface area (Å²) in [5.41, 5.74) is 6.35. The first-order valence-electron chi connectivity index (χ1n) is 8.69. The highest BCUT2D eigenvalue weighted by atomic mass is 16.6. The van der Waals surface area contributed by atoms with E-state index in [4.69, 9.17) is 10.5 Å². The number of likely N-dealkylation sites (N-methyl/N-ethyl adjacent to an activating group) is 1. The van der Waals surface area contributed by atoms with Crippen molar-refractivity contribution >= 4 is 12.0 Å². The highest BCUT2D eigenvalue weighted by Crippen LogP contribution is 2.32. The van der Waals surface area contributed by atoms with Crippen LogP contribution in [0.15, 0.2) is 24.3 Å². The fraction of sp³-hybridized carbons (Fsp3) is 0.600. The molecule has 1 aromatic carbocycles. The summed E-state index contributed by atoms with van der Waals surface area (Å²) in [6.45, 7) is 15.1. The number of aryl methyl sites for hydroxylation is 1. The minimum Gasteiger partial charge on any atom is -0.444 e. The van der Waals surface area contributed by atoms with E-state index in [-0.39, 0.29) is 0 Å². The van der Waals surface area contributed by atoms with Crippen LogP contribution in [-0.2, 0) is 14.9 Å². The molecule has 0 fully saturated rings. The van der Waals surface area contributed by atoms with Crippen molar-refractivity contribution in [3.63, 3.8) is 0 Å². The molecule has 25 heavy (non-hydrogen) atoms. The summed E-state index contributed by atoms with van der Waals surface area (Å²) < 4.78 is 5.37. The van der Waals surface area contributed by atoms with Crippen molar-refractivity contribution in [2.75, 3.05) is 7.05 Å². The second-order valence-corrected chi connectivity index (χ2v) is 7.43. The Morgan fingerprint density at radius 2 is 1.56 bits per heavy atom. The minimum absolute atomic E-state index is 0.563. The van der Waals surface area contributed by atoms with E-state index in [1.807, 2.05) is 58.9 Å². The molecule has 142 valence electrons. The Morgan fingerprint density at radius 1 is 1.08 bits per heavy atom. The third kappa shape index (κ3) is 6.07. The van der Waals surface area contributed by atoms with Crippen LogP contribution in [0, 0.1) is 6.92 Å². The number of benzene rings is 1. The number of hydrogen-bond donors (Lipinski definition) is 1. The molecule has 0 bridgehead atoms. The fourth-order valence-corrected chi connectivity index (χ4v) is 2.91. The van der Waals surface area contributed by atoms with Crippen LogP contribution in [0.4, 0.5) is 4.79 Å². The van der Waals surface area contributed by atoms with Crippen LogP contribution in [0.3, 0.4) is 0 Å². The summed E-state index contributed by atoms with van der Waals surface area (Å²) >= 11 is 0. The van der Waals surface area contributed by atoms with Gasteiger partial charge in [0.25, 0.3) is 0 Å². The first-order chi connectivity index (χ1) is 11.4. The lowest BCUT2D eigenvalue weighted by Crippen LogP contribution is -2.56. The zero-order valence-electron chi connectivity index (χ0n) is 17.1. The number of primary amides is 1. The Kier molecular flexibility index (Phi) is 8.16. The van der Waals surface area contributed by atoms with E-state index in [1.54, 1.807) is 27.8 Å². The number of hydrogen-bond acceptors (Lipinski definition) is 3. The van der Waals surface area contributed by atoms with E-state index in [0.29, 0.717) is 0 Å². The van der Waals surface area contributed by atoms with Gasteiger partial charge in [0.2, 0.25) is 5.91 Å². The molecule has 1 rings (SSSR count). The largest absolute Gasteiger partial charge is 0.444 e. The summed E-state index contributed by atoms with van der Waals surface area (Å²) in [6.07, 6.45) is -0.567. The average molecular weight is 351 g/mol. The van der Waals surface area contributed by atoms with Crippen LogP contribution in [-0.4, -0.2) is 35.6 Å². The summed E-state index contributed by atoms with van der Waals surface area (Å²) in [4.78, 5) is 25.8. The maximum Gasteiger partial charge on any atom is 0.410 e. The maximum absolute atomic E-state index is 12.4. The fourth-order valence-electron chi connectivity index (χ4n) is 2.91. The molecule has 2 amide bonds. The van der Waals surface area contributed by atoms with Crippen molar-refractivity contribution in [3.05, 3.63) is 35.4 Å². The Labute approximate surface area is 152 Å². The Hall–Kier alpha value is -2.04. The zero-order valence-corrected chi connectivity index (χ0v) is 17.1. The van der Waals surface area contributed by atoms with E-state index >= 15 is 0 Å². The molecule has 0 heterocycles. The molecule has 0 aliphatic heterocycles. The molecule has 1 unspecified atom stereocenters. The monoisotopic (exact) mass is 350 g/mol. The van der Waals surface area contributed by atoms with Crippen LogP contribution >= 0.6 is 0 Å². The molecule has 0 aromatic heterocycles. The highest BCUT2D eigenvalue weighted by Gasteiger charge is 2.42. The van der Waals surface area contributed by atoms with Gasteiger partial charge in [-0.25, -0.2) is 4.79 Å². The first-order valence-corrected chi connectivity index (χ1v) is 8.69. The number of ether oxygens (including phenoxy) is 1. The van der Waals surface area contributed by atoms with Gasteiger partial charge in [0.1, 0.15) is 11.6 Å². The molecule has 1 atom stereocenters. The molecule has 5 nitrogen and oxygen atoms in total. The van der Waals surface area contributed by atoms with Gasteiger partial charge in [-0.15, -0.1) is 0 Å². The van der Waals surface area contributed by atoms with E-state index in [0.717, 1.165) is 11.1 Å². The third-order valence-corrected chi connectivity index (χ3v) is 3.86. The van der Waals surface area contributed by atoms with Gasteiger partial charge in [0.05, 0.1) is 0 Å². The third-order valence-electron chi connectivity index (χ3n) is 3.86.